The molecule has 4 rings (SSSR count). The minimum absolute atomic E-state index is 0.0478. The van der Waals surface area contributed by atoms with E-state index in [9.17, 15) is 4.79 Å². The molecule has 0 spiro atoms. The zero-order valence-electron chi connectivity index (χ0n) is 19.8. The number of hydrogen-bond donors (Lipinski definition) is 1. The van der Waals surface area contributed by atoms with E-state index in [0.717, 1.165) is 24.0 Å². The van der Waals surface area contributed by atoms with Crippen molar-refractivity contribution in [2.24, 2.45) is 5.10 Å². The third kappa shape index (κ3) is 6.41. The molecule has 0 radical (unpaired) electrons. The number of carbonyl (C=O) groups is 1. The Hall–Kier alpha value is -2.46. The lowest BCUT2D eigenvalue weighted by atomic mass is 9.87. The quantitative estimate of drug-likeness (QED) is 0.128. The number of carbonyl (C=O) groups excluding carboxylic acids is 1. The summed E-state index contributed by atoms with van der Waals surface area (Å²) < 4.78 is 8.19. The number of amides is 1. The lowest BCUT2D eigenvalue weighted by Crippen LogP contribution is -2.18. The number of nitrogens with one attached hydrogen (secondary N) is 1. The number of rotatable bonds is 6. The van der Waals surface area contributed by atoms with Crippen LogP contribution in [0, 0.1) is 7.14 Å². The van der Waals surface area contributed by atoms with Crippen LogP contribution in [0.4, 0.5) is 0 Å². The van der Waals surface area contributed by atoms with Gasteiger partial charge in [-0.2, -0.15) is 5.10 Å². The van der Waals surface area contributed by atoms with E-state index in [1.165, 1.54) is 16.3 Å². The highest BCUT2D eigenvalue weighted by atomic mass is 127. The first-order chi connectivity index (χ1) is 16.7. The van der Waals surface area contributed by atoms with Gasteiger partial charge in [0, 0.05) is 5.56 Å². The van der Waals surface area contributed by atoms with E-state index >= 15 is 0 Å². The zero-order valence-corrected chi connectivity index (χ0v) is 24.1. The van der Waals surface area contributed by atoms with Crippen LogP contribution in [0.5, 0.6) is 5.75 Å². The largest absolute Gasteiger partial charge is 0.487 e. The first kappa shape index (κ1) is 25.6. The second kappa shape index (κ2) is 11.1. The Balaban J connectivity index is 1.41. The molecule has 4 aromatic rings. The first-order valence-corrected chi connectivity index (χ1v) is 13.4. The van der Waals surface area contributed by atoms with E-state index < -0.39 is 0 Å². The smallest absolute Gasteiger partial charge is 0.271 e. The fourth-order valence-corrected chi connectivity index (χ4v) is 5.84. The number of benzene rings is 4. The number of hydrazone groups is 1. The summed E-state index contributed by atoms with van der Waals surface area (Å²) in [5, 5.41) is 6.56. The van der Waals surface area contributed by atoms with Crippen LogP contribution in [-0.4, -0.2) is 12.1 Å². The molecule has 4 aromatic carbocycles. The summed E-state index contributed by atoms with van der Waals surface area (Å²) in [6, 6.07) is 26.2. The topological polar surface area (TPSA) is 50.7 Å². The van der Waals surface area contributed by atoms with Crippen LogP contribution < -0.4 is 10.2 Å². The molecule has 0 saturated carbocycles. The van der Waals surface area contributed by atoms with Gasteiger partial charge in [0.05, 0.1) is 13.4 Å². The van der Waals surface area contributed by atoms with Crippen molar-refractivity contribution in [1.82, 2.24) is 5.43 Å². The van der Waals surface area contributed by atoms with Crippen LogP contribution in [0.25, 0.3) is 10.8 Å². The number of nitrogens with zero attached hydrogens (tertiary/aromatic N) is 1. The monoisotopic (exact) mass is 688 g/mol. The zero-order chi connectivity index (χ0) is 25.0. The molecule has 0 heterocycles. The van der Waals surface area contributed by atoms with Crippen molar-refractivity contribution in [1.29, 1.82) is 0 Å². The molecule has 0 aliphatic carbocycles. The highest BCUT2D eigenvalue weighted by molar-refractivity contribution is 14.1. The van der Waals surface area contributed by atoms with Gasteiger partial charge in [-0.25, -0.2) is 5.43 Å². The summed E-state index contributed by atoms with van der Waals surface area (Å²) in [6.45, 7) is 6.93. The van der Waals surface area contributed by atoms with Crippen LogP contribution >= 0.6 is 45.2 Å². The number of hydrogen-bond acceptors (Lipinski definition) is 3. The van der Waals surface area contributed by atoms with Crippen molar-refractivity contribution >= 4 is 68.1 Å². The Morgan fingerprint density at radius 1 is 0.943 bits per heavy atom. The molecular weight excluding hydrogens is 662 g/mol. The average Bonchev–Trinajstić information content (AvgIpc) is 2.83. The SMILES string of the molecule is CC(C)(C)c1ccc(C(=O)N/N=C\c2cc(I)c(OCc3cccc4ccccc34)c(I)c2)cc1. The minimum Gasteiger partial charge on any atom is -0.487 e. The normalized spacial score (nSPS) is 11.7. The molecule has 0 unspecified atom stereocenters. The maximum Gasteiger partial charge on any atom is 0.271 e. The second-order valence-electron chi connectivity index (χ2n) is 9.27. The Morgan fingerprint density at radius 2 is 1.60 bits per heavy atom. The van der Waals surface area contributed by atoms with Gasteiger partial charge in [-0.05, 0) is 102 Å². The highest BCUT2D eigenvalue weighted by Gasteiger charge is 2.14. The van der Waals surface area contributed by atoms with Crippen LogP contribution in [0.15, 0.2) is 84.0 Å². The molecular formula is C29H26I2N2O2. The van der Waals surface area contributed by atoms with E-state index in [1.807, 2.05) is 48.5 Å². The molecule has 0 fully saturated rings. The molecule has 1 N–H and O–H groups in total. The molecule has 0 atom stereocenters. The van der Waals surface area contributed by atoms with Crippen molar-refractivity contribution in [3.63, 3.8) is 0 Å². The molecule has 35 heavy (non-hydrogen) atoms. The average molecular weight is 688 g/mol. The molecule has 4 nitrogen and oxygen atoms in total. The van der Waals surface area contributed by atoms with Crippen molar-refractivity contribution in [3.8, 4) is 5.75 Å². The third-order valence-corrected chi connectivity index (χ3v) is 7.27. The van der Waals surface area contributed by atoms with Gasteiger partial charge in [-0.15, -0.1) is 0 Å². The van der Waals surface area contributed by atoms with Crippen molar-refractivity contribution in [3.05, 3.63) is 108 Å². The summed E-state index contributed by atoms with van der Waals surface area (Å²) in [4.78, 5) is 12.4. The lowest BCUT2D eigenvalue weighted by Gasteiger charge is -2.18. The Kier molecular flexibility index (Phi) is 8.11. The van der Waals surface area contributed by atoms with Gasteiger partial charge < -0.3 is 4.74 Å². The van der Waals surface area contributed by atoms with E-state index in [4.69, 9.17) is 4.74 Å². The molecule has 178 valence electrons. The second-order valence-corrected chi connectivity index (χ2v) is 11.6. The summed E-state index contributed by atoms with van der Waals surface area (Å²) >= 11 is 4.55. The van der Waals surface area contributed by atoms with E-state index in [1.54, 1.807) is 6.21 Å². The predicted octanol–water partition coefficient (Wildman–Crippen LogP) is 7.69. The van der Waals surface area contributed by atoms with Crippen molar-refractivity contribution < 1.29 is 9.53 Å². The fourth-order valence-electron chi connectivity index (χ4n) is 3.71. The summed E-state index contributed by atoms with van der Waals surface area (Å²) in [7, 11) is 0. The molecule has 0 saturated heterocycles. The van der Waals surface area contributed by atoms with Crippen LogP contribution in [0.1, 0.15) is 47.8 Å². The number of ether oxygens (including phenoxy) is 1. The van der Waals surface area contributed by atoms with E-state index in [0.29, 0.717) is 12.2 Å². The molecule has 0 aliphatic rings. The van der Waals surface area contributed by atoms with Crippen LogP contribution in [0.2, 0.25) is 0 Å². The third-order valence-electron chi connectivity index (χ3n) is 5.67. The highest BCUT2D eigenvalue weighted by Crippen LogP contribution is 2.30. The lowest BCUT2D eigenvalue weighted by molar-refractivity contribution is 0.0955. The van der Waals surface area contributed by atoms with Gasteiger partial charge in [0.1, 0.15) is 12.4 Å². The summed E-state index contributed by atoms with van der Waals surface area (Å²) in [6.07, 6.45) is 1.65. The van der Waals surface area contributed by atoms with Crippen molar-refractivity contribution in [2.75, 3.05) is 0 Å². The number of fused-ring (bicyclic) bond motifs is 1. The standard InChI is InChI=1S/C29H26I2N2O2/c1-29(2,3)23-13-11-21(12-14-23)28(34)33-32-17-19-15-25(30)27(26(31)16-19)35-18-22-9-6-8-20-7-4-5-10-24(20)22/h4-17H,18H2,1-3H3,(H,33,34)/b32-17-. The molecule has 1 amide bonds. The summed E-state index contributed by atoms with van der Waals surface area (Å²) in [5.41, 5.74) is 6.47. The van der Waals surface area contributed by atoms with Gasteiger partial charge in [0.2, 0.25) is 0 Å². The van der Waals surface area contributed by atoms with Gasteiger partial charge >= 0.3 is 0 Å². The molecule has 0 aromatic heterocycles. The first-order valence-electron chi connectivity index (χ1n) is 11.2. The predicted molar refractivity (Wildman–Crippen MR) is 160 cm³/mol. The Bertz CT molecular complexity index is 1360. The Morgan fingerprint density at radius 3 is 2.29 bits per heavy atom. The van der Waals surface area contributed by atoms with Crippen molar-refractivity contribution in [2.45, 2.75) is 32.8 Å². The van der Waals surface area contributed by atoms with Gasteiger partial charge in [0.15, 0.2) is 0 Å². The maximum atomic E-state index is 12.4. The molecule has 6 heteroatoms. The van der Waals surface area contributed by atoms with E-state index in [-0.39, 0.29) is 11.3 Å². The minimum atomic E-state index is -0.235. The summed E-state index contributed by atoms with van der Waals surface area (Å²) in [5.74, 6) is 0.611. The van der Waals surface area contributed by atoms with Crippen LogP contribution in [0.3, 0.4) is 0 Å². The Labute approximate surface area is 233 Å². The maximum absolute atomic E-state index is 12.4. The van der Waals surface area contributed by atoms with Gasteiger partial charge in [-0.3, -0.25) is 4.79 Å². The number of halogens is 2. The molecule has 0 bridgehead atoms. The molecule has 0 aliphatic heterocycles. The van der Waals surface area contributed by atoms with Crippen LogP contribution in [-0.2, 0) is 12.0 Å². The van der Waals surface area contributed by atoms with Gasteiger partial charge in [-0.1, -0.05) is 75.4 Å². The fraction of sp³-hybridized carbons (Fsp3) is 0.172. The van der Waals surface area contributed by atoms with E-state index in [2.05, 4.69) is 107 Å². The van der Waals surface area contributed by atoms with Gasteiger partial charge in [0.25, 0.3) is 5.91 Å².